The Bertz CT molecular complexity index is 629. The Morgan fingerprint density at radius 1 is 1.41 bits per heavy atom. The Kier molecular flexibility index (Phi) is 4.35. The number of hydrogen-bond donors (Lipinski definition) is 0. The van der Waals surface area contributed by atoms with Crippen LogP contribution in [0.2, 0.25) is 0 Å². The van der Waals surface area contributed by atoms with Crippen LogP contribution in [-0.2, 0) is 14.5 Å². The summed E-state index contributed by atoms with van der Waals surface area (Å²) in [6, 6.07) is 7.72. The average molecular weight is 302 g/mol. The zero-order chi connectivity index (χ0) is 16.4. The molecule has 118 valence electrons. The normalized spacial score (nSPS) is 21.6. The highest BCUT2D eigenvalue weighted by molar-refractivity contribution is 5.96. The van der Waals surface area contributed by atoms with Crippen LogP contribution in [-0.4, -0.2) is 23.5 Å². The summed E-state index contributed by atoms with van der Waals surface area (Å²) in [6.07, 6.45) is 1.94. The molecule has 0 spiro atoms. The van der Waals surface area contributed by atoms with Crippen molar-refractivity contribution in [2.24, 2.45) is 15.7 Å². The van der Waals surface area contributed by atoms with Gasteiger partial charge in [-0.2, -0.15) is 0 Å². The van der Waals surface area contributed by atoms with Gasteiger partial charge in [0.25, 0.3) is 0 Å². The predicted molar refractivity (Wildman–Crippen MR) is 85.9 cm³/mol. The second kappa shape index (κ2) is 5.91. The summed E-state index contributed by atoms with van der Waals surface area (Å²) in [5.74, 6) is -0.541. The van der Waals surface area contributed by atoms with E-state index in [0.29, 0.717) is 6.42 Å². The van der Waals surface area contributed by atoms with Gasteiger partial charge in [0.1, 0.15) is 0 Å². The third kappa shape index (κ3) is 3.53. The maximum atomic E-state index is 12.2. The number of nitrogens with zero attached hydrogens (tertiary/aromatic N) is 2. The van der Waals surface area contributed by atoms with Gasteiger partial charge in [0.2, 0.25) is 5.60 Å². The van der Waals surface area contributed by atoms with Gasteiger partial charge in [0.15, 0.2) is 0 Å². The standard InChI is InChI=1S/C17H22N2O3/c1-12-8-6-7-9-13(12)11-18-21-15(20)17(5)10-14(19-22-17)16(2,3)4/h6-9,11H,10H2,1-5H3/b18-11+. The van der Waals surface area contributed by atoms with E-state index in [1.54, 1.807) is 6.92 Å². The van der Waals surface area contributed by atoms with Gasteiger partial charge in [-0.1, -0.05) is 55.3 Å². The summed E-state index contributed by atoms with van der Waals surface area (Å²) in [7, 11) is 0. The highest BCUT2D eigenvalue weighted by atomic mass is 16.7. The molecule has 0 fully saturated rings. The van der Waals surface area contributed by atoms with Crippen molar-refractivity contribution >= 4 is 17.9 Å². The molecule has 22 heavy (non-hydrogen) atoms. The van der Waals surface area contributed by atoms with E-state index in [9.17, 15) is 4.79 Å². The van der Waals surface area contributed by atoms with E-state index in [1.807, 2.05) is 52.0 Å². The molecule has 1 heterocycles. The first kappa shape index (κ1) is 16.2. The van der Waals surface area contributed by atoms with E-state index in [2.05, 4.69) is 10.3 Å². The first-order valence-corrected chi connectivity index (χ1v) is 7.28. The lowest BCUT2D eigenvalue weighted by molar-refractivity contribution is -0.167. The summed E-state index contributed by atoms with van der Waals surface area (Å²) in [5, 5.41) is 7.80. The number of rotatable bonds is 3. The first-order chi connectivity index (χ1) is 10.2. The highest BCUT2D eigenvalue weighted by Crippen LogP contribution is 2.32. The van der Waals surface area contributed by atoms with Crippen LogP contribution in [0.5, 0.6) is 0 Å². The maximum Gasteiger partial charge on any atom is 0.381 e. The highest BCUT2D eigenvalue weighted by Gasteiger charge is 2.46. The van der Waals surface area contributed by atoms with E-state index >= 15 is 0 Å². The van der Waals surface area contributed by atoms with Crippen molar-refractivity contribution in [3.8, 4) is 0 Å². The summed E-state index contributed by atoms with van der Waals surface area (Å²) < 4.78 is 0. The second-order valence-electron chi connectivity index (χ2n) is 6.76. The number of benzene rings is 1. The third-order valence-corrected chi connectivity index (χ3v) is 3.68. The van der Waals surface area contributed by atoms with Crippen molar-refractivity contribution in [2.45, 2.75) is 46.6 Å². The van der Waals surface area contributed by atoms with Gasteiger partial charge in [-0.25, -0.2) is 4.79 Å². The molecule has 0 amide bonds. The molecule has 1 atom stereocenters. The minimum absolute atomic E-state index is 0.136. The average Bonchev–Trinajstić information content (AvgIpc) is 2.85. The minimum atomic E-state index is -1.11. The zero-order valence-electron chi connectivity index (χ0n) is 13.7. The van der Waals surface area contributed by atoms with Crippen molar-refractivity contribution in [1.82, 2.24) is 0 Å². The summed E-state index contributed by atoms with van der Waals surface area (Å²) in [6.45, 7) is 9.72. The lowest BCUT2D eigenvalue weighted by atomic mass is 9.84. The predicted octanol–water partition coefficient (Wildman–Crippen LogP) is 3.45. The number of aryl methyl sites for hydroxylation is 1. The number of oxime groups is 2. The van der Waals surface area contributed by atoms with Crippen molar-refractivity contribution in [1.29, 1.82) is 0 Å². The smallest absolute Gasteiger partial charge is 0.377 e. The molecule has 1 aliphatic heterocycles. The Morgan fingerprint density at radius 2 is 2.09 bits per heavy atom. The SMILES string of the molecule is Cc1ccccc1/C=N/OC(=O)C1(C)CC(C(C)(C)C)=NO1. The molecule has 0 bridgehead atoms. The van der Waals surface area contributed by atoms with E-state index in [-0.39, 0.29) is 5.41 Å². The van der Waals surface area contributed by atoms with E-state index < -0.39 is 11.6 Å². The molecule has 1 unspecified atom stereocenters. The van der Waals surface area contributed by atoms with Gasteiger partial charge in [0, 0.05) is 11.8 Å². The third-order valence-electron chi connectivity index (χ3n) is 3.68. The molecule has 0 aliphatic carbocycles. The molecule has 1 aromatic carbocycles. The van der Waals surface area contributed by atoms with Gasteiger partial charge in [-0.3, -0.25) is 0 Å². The molecule has 0 radical (unpaired) electrons. The van der Waals surface area contributed by atoms with Crippen LogP contribution in [0, 0.1) is 12.3 Å². The molecule has 0 saturated heterocycles. The van der Waals surface area contributed by atoms with Gasteiger partial charge >= 0.3 is 5.97 Å². The maximum absolute atomic E-state index is 12.2. The number of hydrogen-bond acceptors (Lipinski definition) is 5. The van der Waals surface area contributed by atoms with E-state index in [4.69, 9.17) is 9.68 Å². The summed E-state index contributed by atoms with van der Waals surface area (Å²) in [4.78, 5) is 22.5. The Morgan fingerprint density at radius 3 is 2.68 bits per heavy atom. The largest absolute Gasteiger partial charge is 0.381 e. The Labute approximate surface area is 131 Å². The van der Waals surface area contributed by atoms with Crippen molar-refractivity contribution < 1.29 is 14.5 Å². The van der Waals surface area contributed by atoms with Crippen LogP contribution >= 0.6 is 0 Å². The Balaban J connectivity index is 1.98. The van der Waals surface area contributed by atoms with Gasteiger partial charge in [-0.05, 0) is 25.0 Å². The topological polar surface area (TPSA) is 60.2 Å². The first-order valence-electron chi connectivity index (χ1n) is 7.28. The summed E-state index contributed by atoms with van der Waals surface area (Å²) >= 11 is 0. The van der Waals surface area contributed by atoms with Crippen molar-refractivity contribution in [2.75, 3.05) is 0 Å². The monoisotopic (exact) mass is 302 g/mol. The lowest BCUT2D eigenvalue weighted by Gasteiger charge is -2.20. The molecule has 0 N–H and O–H groups in total. The van der Waals surface area contributed by atoms with Gasteiger partial charge < -0.3 is 9.68 Å². The second-order valence-corrected chi connectivity index (χ2v) is 6.76. The quantitative estimate of drug-likeness (QED) is 0.488. The lowest BCUT2D eigenvalue weighted by Crippen LogP contribution is -2.37. The molecule has 0 aromatic heterocycles. The van der Waals surface area contributed by atoms with Crippen LogP contribution in [0.1, 0.15) is 45.2 Å². The fraction of sp³-hybridized carbons (Fsp3) is 0.471. The molecule has 5 nitrogen and oxygen atoms in total. The molecule has 0 saturated carbocycles. The Hall–Kier alpha value is -2.17. The van der Waals surface area contributed by atoms with Crippen LogP contribution in [0.25, 0.3) is 0 Å². The molecular formula is C17H22N2O3. The van der Waals surface area contributed by atoms with E-state index in [1.165, 1.54) is 6.21 Å². The van der Waals surface area contributed by atoms with Crippen LogP contribution in [0.15, 0.2) is 34.6 Å². The zero-order valence-corrected chi connectivity index (χ0v) is 13.7. The molecule has 1 aliphatic rings. The molecule has 5 heteroatoms. The number of carbonyl (C=O) groups is 1. The number of carbonyl (C=O) groups excluding carboxylic acids is 1. The van der Waals surface area contributed by atoms with Crippen molar-refractivity contribution in [3.05, 3.63) is 35.4 Å². The molecule has 2 rings (SSSR count). The summed E-state index contributed by atoms with van der Waals surface area (Å²) in [5.41, 5.74) is 1.56. The van der Waals surface area contributed by atoms with Gasteiger partial charge in [-0.15, -0.1) is 0 Å². The molecule has 1 aromatic rings. The van der Waals surface area contributed by atoms with E-state index in [0.717, 1.165) is 16.8 Å². The minimum Gasteiger partial charge on any atom is -0.377 e. The fourth-order valence-electron chi connectivity index (χ4n) is 2.01. The fourth-order valence-corrected chi connectivity index (χ4v) is 2.01. The van der Waals surface area contributed by atoms with Crippen LogP contribution in [0.4, 0.5) is 0 Å². The molecular weight excluding hydrogens is 280 g/mol. The van der Waals surface area contributed by atoms with Crippen molar-refractivity contribution in [3.63, 3.8) is 0 Å². The van der Waals surface area contributed by atoms with Gasteiger partial charge in [0.05, 0.1) is 11.9 Å². The van der Waals surface area contributed by atoms with Crippen LogP contribution < -0.4 is 0 Å². The van der Waals surface area contributed by atoms with Crippen LogP contribution in [0.3, 0.4) is 0 Å².